The number of fused-ring (bicyclic) bond motifs is 1. The van der Waals surface area contributed by atoms with E-state index in [1.54, 1.807) is 25.5 Å². The molecule has 2 N–H and O–H groups in total. The van der Waals surface area contributed by atoms with Gasteiger partial charge in [0.05, 0.1) is 23.1 Å². The average Bonchev–Trinajstić information content (AvgIpc) is 3.40. The molecule has 5 aromatic rings. The molecule has 1 aliphatic carbocycles. The van der Waals surface area contributed by atoms with Crippen molar-refractivity contribution in [1.29, 1.82) is 0 Å². The smallest absolute Gasteiger partial charge is 0.255 e. The summed E-state index contributed by atoms with van der Waals surface area (Å²) in [7, 11) is 3.47. The van der Waals surface area contributed by atoms with Crippen molar-refractivity contribution in [3.8, 4) is 22.5 Å². The van der Waals surface area contributed by atoms with Crippen LogP contribution >= 0.6 is 0 Å². The lowest BCUT2D eigenvalue weighted by atomic mass is 9.95. The summed E-state index contributed by atoms with van der Waals surface area (Å²) in [6, 6.07) is 17.1. The maximum absolute atomic E-state index is 13.5. The Bertz CT molecular complexity index is 1750. The van der Waals surface area contributed by atoms with Crippen LogP contribution in [0.2, 0.25) is 0 Å². The maximum atomic E-state index is 13.5. The normalized spacial score (nSPS) is 13.8. The van der Waals surface area contributed by atoms with Crippen LogP contribution in [0.4, 0.5) is 4.39 Å². The Morgan fingerprint density at radius 1 is 1.00 bits per heavy atom. The van der Waals surface area contributed by atoms with Crippen LogP contribution in [0.5, 0.6) is 0 Å². The van der Waals surface area contributed by atoms with Crippen LogP contribution in [0.25, 0.3) is 33.4 Å². The summed E-state index contributed by atoms with van der Waals surface area (Å²) in [4.78, 5) is 30.7. The Morgan fingerprint density at radius 2 is 1.74 bits per heavy atom. The molecule has 1 saturated carbocycles. The van der Waals surface area contributed by atoms with Gasteiger partial charge in [0.2, 0.25) is 0 Å². The van der Waals surface area contributed by atoms with Gasteiger partial charge in [0.1, 0.15) is 17.2 Å². The number of furan rings is 1. The number of nitrogens with zero attached hydrogens (tertiary/aromatic N) is 2. The largest absolute Gasteiger partial charge is 0.455 e. The molecule has 7 nitrogen and oxygen atoms in total. The van der Waals surface area contributed by atoms with Crippen molar-refractivity contribution in [2.24, 2.45) is 7.05 Å². The summed E-state index contributed by atoms with van der Waals surface area (Å²) in [6.45, 7) is 1.98. The molecule has 1 fully saturated rings. The van der Waals surface area contributed by atoms with Crippen molar-refractivity contribution in [3.05, 3.63) is 101 Å². The number of aryl methyl sites for hydroxylation is 2. The SMILES string of the molecule is CNC(=O)c1c(-c2ccc(F)cc2)oc2ccc(-c3cc(C(=O)NC4(c5cn(C)cn5)CC4)ccc3C)cc12. The molecule has 1 aliphatic rings. The van der Waals surface area contributed by atoms with Crippen molar-refractivity contribution in [2.75, 3.05) is 7.05 Å². The van der Waals surface area contributed by atoms with E-state index in [9.17, 15) is 14.0 Å². The average molecular weight is 523 g/mol. The molecule has 0 aliphatic heterocycles. The molecule has 8 heteroatoms. The summed E-state index contributed by atoms with van der Waals surface area (Å²) < 4.78 is 21.5. The number of imidazole rings is 1. The lowest BCUT2D eigenvalue weighted by Crippen LogP contribution is -2.35. The fraction of sp³-hybridized carbons (Fsp3) is 0.194. The Kier molecular flexibility index (Phi) is 5.83. The van der Waals surface area contributed by atoms with E-state index in [0.717, 1.165) is 35.2 Å². The first-order valence-electron chi connectivity index (χ1n) is 12.7. The van der Waals surface area contributed by atoms with Crippen LogP contribution in [0.15, 0.2) is 77.6 Å². The fourth-order valence-electron chi connectivity index (χ4n) is 5.01. The second kappa shape index (κ2) is 9.23. The van der Waals surface area contributed by atoms with Gasteiger partial charge in [-0.2, -0.15) is 0 Å². The summed E-state index contributed by atoms with van der Waals surface area (Å²) in [5.41, 5.74) is 5.21. The van der Waals surface area contributed by atoms with Crippen LogP contribution in [0.1, 0.15) is 44.8 Å². The van der Waals surface area contributed by atoms with Crippen LogP contribution in [0.3, 0.4) is 0 Å². The van der Waals surface area contributed by atoms with E-state index in [4.69, 9.17) is 4.42 Å². The van der Waals surface area contributed by atoms with Crippen molar-refractivity contribution >= 4 is 22.8 Å². The third-order valence-electron chi connectivity index (χ3n) is 7.36. The third kappa shape index (κ3) is 4.37. The second-order valence-electron chi connectivity index (χ2n) is 10.1. The number of nitrogens with one attached hydrogen (secondary N) is 2. The molecule has 0 unspecified atom stereocenters. The molecule has 0 radical (unpaired) electrons. The van der Waals surface area contributed by atoms with Crippen molar-refractivity contribution in [3.63, 3.8) is 0 Å². The van der Waals surface area contributed by atoms with Crippen LogP contribution in [0, 0.1) is 12.7 Å². The van der Waals surface area contributed by atoms with Gasteiger partial charge < -0.3 is 19.6 Å². The molecule has 196 valence electrons. The van der Waals surface area contributed by atoms with E-state index >= 15 is 0 Å². The zero-order chi connectivity index (χ0) is 27.3. The van der Waals surface area contributed by atoms with E-state index in [1.807, 2.05) is 61.1 Å². The van der Waals surface area contributed by atoms with Gasteiger partial charge in [-0.25, -0.2) is 9.37 Å². The van der Waals surface area contributed by atoms with Crippen molar-refractivity contribution in [2.45, 2.75) is 25.3 Å². The van der Waals surface area contributed by atoms with E-state index in [0.29, 0.717) is 33.4 Å². The monoisotopic (exact) mass is 522 g/mol. The van der Waals surface area contributed by atoms with Gasteiger partial charge >= 0.3 is 0 Å². The number of benzene rings is 3. The fourth-order valence-corrected chi connectivity index (χ4v) is 5.01. The highest BCUT2D eigenvalue weighted by Gasteiger charge is 2.47. The molecule has 2 aromatic heterocycles. The molecule has 2 amide bonds. The van der Waals surface area contributed by atoms with E-state index in [2.05, 4.69) is 15.6 Å². The van der Waals surface area contributed by atoms with E-state index in [-0.39, 0.29) is 17.6 Å². The molecule has 6 rings (SSSR count). The first-order chi connectivity index (χ1) is 18.8. The van der Waals surface area contributed by atoms with Crippen LogP contribution in [-0.4, -0.2) is 28.4 Å². The first kappa shape index (κ1) is 24.6. The Hall–Kier alpha value is -4.72. The van der Waals surface area contributed by atoms with Gasteiger partial charge in [0.25, 0.3) is 11.8 Å². The van der Waals surface area contributed by atoms with Gasteiger partial charge in [0, 0.05) is 36.8 Å². The van der Waals surface area contributed by atoms with Gasteiger partial charge in [-0.05, 0) is 85.0 Å². The molecular formula is C31H27FN4O3. The van der Waals surface area contributed by atoms with E-state index < -0.39 is 5.54 Å². The molecule has 0 bridgehead atoms. The van der Waals surface area contributed by atoms with Gasteiger partial charge in [-0.3, -0.25) is 9.59 Å². The zero-order valence-electron chi connectivity index (χ0n) is 21.8. The number of hydrogen-bond donors (Lipinski definition) is 2. The summed E-state index contributed by atoms with van der Waals surface area (Å²) in [5.74, 6) is -0.464. The van der Waals surface area contributed by atoms with Gasteiger partial charge in [-0.15, -0.1) is 0 Å². The molecule has 3 aromatic carbocycles. The second-order valence-corrected chi connectivity index (χ2v) is 10.1. The van der Waals surface area contributed by atoms with Crippen LogP contribution < -0.4 is 10.6 Å². The lowest BCUT2D eigenvalue weighted by Gasteiger charge is -2.16. The number of halogens is 1. The topological polar surface area (TPSA) is 89.2 Å². The lowest BCUT2D eigenvalue weighted by molar-refractivity contribution is 0.0928. The molecule has 39 heavy (non-hydrogen) atoms. The molecular weight excluding hydrogens is 495 g/mol. The predicted octanol–water partition coefficient (Wildman–Crippen LogP) is 5.73. The standard InChI is InChI=1S/C31H27FN4O3/c1-18-4-5-21(29(37)35-31(12-13-31)26-16-36(3)17-34-26)15-23(18)20-8-11-25-24(14-20)27(30(38)33-2)28(39-25)19-6-9-22(32)10-7-19/h4-11,14-17H,12-13H2,1-3H3,(H,33,38)(H,35,37). The number of hydrogen-bond acceptors (Lipinski definition) is 4. The Morgan fingerprint density at radius 3 is 2.41 bits per heavy atom. The Labute approximate surface area is 224 Å². The zero-order valence-corrected chi connectivity index (χ0v) is 21.8. The van der Waals surface area contributed by atoms with Gasteiger partial charge in [0.15, 0.2) is 0 Å². The highest BCUT2D eigenvalue weighted by Crippen LogP contribution is 2.45. The maximum Gasteiger partial charge on any atom is 0.255 e. The molecule has 0 atom stereocenters. The number of carbonyl (C=O) groups excluding carboxylic acids is 2. The molecule has 0 spiro atoms. The minimum Gasteiger partial charge on any atom is -0.455 e. The summed E-state index contributed by atoms with van der Waals surface area (Å²) in [6.07, 6.45) is 5.39. The quantitative estimate of drug-likeness (QED) is 0.298. The van der Waals surface area contributed by atoms with E-state index in [1.165, 1.54) is 12.1 Å². The summed E-state index contributed by atoms with van der Waals surface area (Å²) >= 11 is 0. The minimum atomic E-state index is -0.418. The van der Waals surface area contributed by atoms with Crippen molar-refractivity contribution in [1.82, 2.24) is 20.2 Å². The van der Waals surface area contributed by atoms with Gasteiger partial charge in [-0.1, -0.05) is 12.1 Å². The minimum absolute atomic E-state index is 0.159. The number of aromatic nitrogens is 2. The first-order valence-corrected chi connectivity index (χ1v) is 12.7. The third-order valence-corrected chi connectivity index (χ3v) is 7.36. The Balaban J connectivity index is 1.38. The number of rotatable bonds is 6. The number of carbonyl (C=O) groups is 2. The highest BCUT2D eigenvalue weighted by molar-refractivity contribution is 6.12. The summed E-state index contributed by atoms with van der Waals surface area (Å²) in [5, 5.41) is 6.51. The van der Waals surface area contributed by atoms with Crippen molar-refractivity contribution < 1.29 is 18.4 Å². The highest BCUT2D eigenvalue weighted by atomic mass is 19.1. The van der Waals surface area contributed by atoms with Crippen LogP contribution in [-0.2, 0) is 12.6 Å². The number of amides is 2. The molecule has 0 saturated heterocycles. The molecule has 2 heterocycles. The predicted molar refractivity (Wildman–Crippen MR) is 147 cm³/mol.